The number of aromatic nitrogens is 2. The van der Waals surface area contributed by atoms with Crippen LogP contribution in [0.1, 0.15) is 32.9 Å². The second-order valence-corrected chi connectivity index (χ2v) is 5.73. The average Bonchev–Trinajstić information content (AvgIpc) is 2.92. The van der Waals surface area contributed by atoms with Crippen LogP contribution in [0.25, 0.3) is 0 Å². The second-order valence-electron chi connectivity index (χ2n) is 4.36. The van der Waals surface area contributed by atoms with Gasteiger partial charge in [-0.3, -0.25) is 9.48 Å². The van der Waals surface area contributed by atoms with Crippen LogP contribution in [0.4, 0.5) is 5.69 Å². The zero-order valence-corrected chi connectivity index (χ0v) is 12.2. The maximum absolute atomic E-state index is 12.2. The SMILES string of the molecule is CCn1nc(C)c(N)c1C(=O)NCc1ccc(C)s1. The van der Waals surface area contributed by atoms with Crippen LogP contribution in [0, 0.1) is 13.8 Å². The Bertz CT molecular complexity index is 600. The fourth-order valence-electron chi connectivity index (χ4n) is 1.89. The number of nitrogens with zero attached hydrogens (tertiary/aromatic N) is 2. The maximum Gasteiger partial charge on any atom is 0.272 e. The summed E-state index contributed by atoms with van der Waals surface area (Å²) in [4.78, 5) is 14.6. The van der Waals surface area contributed by atoms with Gasteiger partial charge in [-0.1, -0.05) is 0 Å². The maximum atomic E-state index is 12.2. The van der Waals surface area contributed by atoms with E-state index < -0.39 is 0 Å². The van der Waals surface area contributed by atoms with E-state index in [0.717, 1.165) is 4.88 Å². The van der Waals surface area contributed by atoms with Gasteiger partial charge in [0.15, 0.2) is 0 Å². The van der Waals surface area contributed by atoms with Crippen LogP contribution in [-0.4, -0.2) is 15.7 Å². The van der Waals surface area contributed by atoms with Gasteiger partial charge in [0.2, 0.25) is 0 Å². The summed E-state index contributed by atoms with van der Waals surface area (Å²) in [6.07, 6.45) is 0. The number of carbonyl (C=O) groups is 1. The Balaban J connectivity index is 2.12. The number of anilines is 1. The molecule has 0 fully saturated rings. The van der Waals surface area contributed by atoms with Crippen molar-refractivity contribution in [2.45, 2.75) is 33.9 Å². The van der Waals surface area contributed by atoms with Gasteiger partial charge < -0.3 is 11.1 Å². The third-order valence-corrected chi connectivity index (χ3v) is 3.91. The van der Waals surface area contributed by atoms with Crippen LogP contribution in [0.2, 0.25) is 0 Å². The minimum absolute atomic E-state index is 0.175. The number of aryl methyl sites for hydroxylation is 3. The molecule has 19 heavy (non-hydrogen) atoms. The van der Waals surface area contributed by atoms with Crippen molar-refractivity contribution < 1.29 is 4.79 Å². The van der Waals surface area contributed by atoms with Gasteiger partial charge in [0.25, 0.3) is 5.91 Å². The second kappa shape index (κ2) is 5.44. The number of nitrogen functional groups attached to an aromatic ring is 1. The first-order valence-electron chi connectivity index (χ1n) is 6.19. The summed E-state index contributed by atoms with van der Waals surface area (Å²) < 4.78 is 1.64. The molecule has 0 radical (unpaired) electrons. The molecule has 0 aliphatic heterocycles. The first-order chi connectivity index (χ1) is 9.02. The van der Waals surface area contributed by atoms with Gasteiger partial charge in [-0.15, -0.1) is 11.3 Å². The van der Waals surface area contributed by atoms with Crippen molar-refractivity contribution in [3.63, 3.8) is 0 Å². The smallest absolute Gasteiger partial charge is 0.272 e. The number of amides is 1. The first kappa shape index (κ1) is 13.6. The summed E-state index contributed by atoms with van der Waals surface area (Å²) in [6.45, 7) is 6.93. The number of nitrogens with one attached hydrogen (secondary N) is 1. The predicted molar refractivity (Wildman–Crippen MR) is 77.3 cm³/mol. The Labute approximate surface area is 116 Å². The molecule has 0 spiro atoms. The van der Waals surface area contributed by atoms with Crippen LogP contribution in [0.3, 0.4) is 0 Å². The van der Waals surface area contributed by atoms with E-state index in [4.69, 9.17) is 5.73 Å². The molecule has 1 amide bonds. The lowest BCUT2D eigenvalue weighted by molar-refractivity contribution is 0.0941. The molecule has 0 unspecified atom stereocenters. The van der Waals surface area contributed by atoms with E-state index in [9.17, 15) is 4.79 Å². The molecule has 6 heteroatoms. The van der Waals surface area contributed by atoms with E-state index in [-0.39, 0.29) is 5.91 Å². The fraction of sp³-hybridized carbons (Fsp3) is 0.385. The van der Waals surface area contributed by atoms with E-state index >= 15 is 0 Å². The molecule has 0 aromatic carbocycles. The molecule has 102 valence electrons. The molecule has 2 aromatic rings. The standard InChI is InChI=1S/C13H18N4OS/c1-4-17-12(11(14)9(3)16-17)13(18)15-7-10-6-5-8(2)19-10/h5-6H,4,7,14H2,1-3H3,(H,15,18). The number of nitrogens with two attached hydrogens (primary N) is 1. The molecule has 0 saturated heterocycles. The average molecular weight is 278 g/mol. The molecular formula is C13H18N4OS. The third-order valence-electron chi connectivity index (χ3n) is 2.91. The largest absolute Gasteiger partial charge is 0.395 e. The summed E-state index contributed by atoms with van der Waals surface area (Å²) >= 11 is 1.68. The normalized spacial score (nSPS) is 10.7. The van der Waals surface area contributed by atoms with Crippen molar-refractivity contribution in [3.8, 4) is 0 Å². The van der Waals surface area contributed by atoms with Crippen LogP contribution < -0.4 is 11.1 Å². The number of hydrogen-bond acceptors (Lipinski definition) is 4. The molecule has 2 aromatic heterocycles. The lowest BCUT2D eigenvalue weighted by atomic mass is 10.3. The number of carbonyl (C=O) groups excluding carboxylic acids is 1. The Morgan fingerprint density at radius 2 is 2.21 bits per heavy atom. The van der Waals surface area contributed by atoms with Crippen LogP contribution in [-0.2, 0) is 13.1 Å². The van der Waals surface area contributed by atoms with Gasteiger partial charge in [0.05, 0.1) is 17.9 Å². The Morgan fingerprint density at radius 1 is 1.47 bits per heavy atom. The van der Waals surface area contributed by atoms with Crippen molar-refractivity contribution in [2.24, 2.45) is 0 Å². The summed E-state index contributed by atoms with van der Waals surface area (Å²) in [6, 6.07) is 4.06. The molecule has 3 N–H and O–H groups in total. The summed E-state index contributed by atoms with van der Waals surface area (Å²) in [7, 11) is 0. The molecule has 0 saturated carbocycles. The summed E-state index contributed by atoms with van der Waals surface area (Å²) in [5.74, 6) is -0.175. The van der Waals surface area contributed by atoms with Gasteiger partial charge in [-0.05, 0) is 32.9 Å². The minimum Gasteiger partial charge on any atom is -0.395 e. The minimum atomic E-state index is -0.175. The molecular weight excluding hydrogens is 260 g/mol. The summed E-state index contributed by atoms with van der Waals surface area (Å²) in [5, 5.41) is 7.13. The lowest BCUT2D eigenvalue weighted by Crippen LogP contribution is -2.26. The molecule has 2 heterocycles. The highest BCUT2D eigenvalue weighted by atomic mass is 32.1. The Kier molecular flexibility index (Phi) is 3.90. The van der Waals surface area contributed by atoms with Gasteiger partial charge >= 0.3 is 0 Å². The van der Waals surface area contributed by atoms with E-state index in [1.807, 2.05) is 26.0 Å². The Hall–Kier alpha value is -1.82. The van der Waals surface area contributed by atoms with Crippen molar-refractivity contribution in [1.82, 2.24) is 15.1 Å². The molecule has 2 rings (SSSR count). The molecule has 0 aliphatic carbocycles. The van der Waals surface area contributed by atoms with Crippen molar-refractivity contribution in [1.29, 1.82) is 0 Å². The third kappa shape index (κ3) is 2.78. The fourth-order valence-corrected chi connectivity index (χ4v) is 2.72. The molecule has 5 nitrogen and oxygen atoms in total. The van der Waals surface area contributed by atoms with Crippen LogP contribution in [0.5, 0.6) is 0 Å². The Morgan fingerprint density at radius 3 is 2.79 bits per heavy atom. The van der Waals surface area contributed by atoms with Gasteiger partial charge in [0.1, 0.15) is 5.69 Å². The first-order valence-corrected chi connectivity index (χ1v) is 7.01. The monoisotopic (exact) mass is 278 g/mol. The zero-order valence-electron chi connectivity index (χ0n) is 11.4. The molecule has 0 bridgehead atoms. The van der Waals surface area contributed by atoms with Gasteiger partial charge in [-0.25, -0.2) is 0 Å². The summed E-state index contributed by atoms with van der Waals surface area (Å²) in [5.41, 5.74) is 7.52. The van der Waals surface area contributed by atoms with Crippen molar-refractivity contribution in [2.75, 3.05) is 5.73 Å². The van der Waals surface area contributed by atoms with E-state index in [2.05, 4.69) is 10.4 Å². The molecule has 0 aliphatic rings. The number of hydrogen-bond donors (Lipinski definition) is 2. The lowest BCUT2D eigenvalue weighted by Gasteiger charge is -2.06. The van der Waals surface area contributed by atoms with Crippen LogP contribution >= 0.6 is 11.3 Å². The quantitative estimate of drug-likeness (QED) is 0.899. The highest BCUT2D eigenvalue weighted by molar-refractivity contribution is 7.11. The predicted octanol–water partition coefficient (Wildman–Crippen LogP) is 2.09. The molecule has 0 atom stereocenters. The zero-order chi connectivity index (χ0) is 14.0. The van der Waals surface area contributed by atoms with Gasteiger partial charge in [0, 0.05) is 16.3 Å². The van der Waals surface area contributed by atoms with Crippen LogP contribution in [0.15, 0.2) is 12.1 Å². The number of thiophene rings is 1. The highest BCUT2D eigenvalue weighted by Crippen LogP contribution is 2.18. The van der Waals surface area contributed by atoms with Crippen molar-refractivity contribution >= 4 is 22.9 Å². The van der Waals surface area contributed by atoms with E-state index in [1.165, 1.54) is 4.88 Å². The number of rotatable bonds is 4. The van der Waals surface area contributed by atoms with Crippen molar-refractivity contribution in [3.05, 3.63) is 33.3 Å². The van der Waals surface area contributed by atoms with E-state index in [0.29, 0.717) is 30.2 Å². The topological polar surface area (TPSA) is 72.9 Å². The highest BCUT2D eigenvalue weighted by Gasteiger charge is 2.18. The van der Waals surface area contributed by atoms with Gasteiger partial charge in [-0.2, -0.15) is 5.10 Å². The van der Waals surface area contributed by atoms with E-state index in [1.54, 1.807) is 22.9 Å².